The number of fused-ring (bicyclic) bond motifs is 6. The molecule has 0 unspecified atom stereocenters. The summed E-state index contributed by atoms with van der Waals surface area (Å²) in [5.74, 6) is -1.58. The van der Waals surface area contributed by atoms with E-state index in [1.165, 1.54) is 0 Å². The van der Waals surface area contributed by atoms with Gasteiger partial charge in [0.2, 0.25) is 5.91 Å². The van der Waals surface area contributed by atoms with Crippen LogP contribution in [0, 0.1) is 5.92 Å². The SMILES string of the molecule is CCCc1ccc(C(=O)[C@H]2[C@H](C(=O)c3ccccc3)N3c4ccccc4C(C)=C[C@@H]3[C@]23C(=O)Nc2ccccc23)cc1. The molecule has 1 saturated heterocycles. The second-order valence-electron chi connectivity index (χ2n) is 11.6. The maximum atomic E-state index is 14.9. The topological polar surface area (TPSA) is 66.5 Å². The van der Waals surface area contributed by atoms with Gasteiger partial charge >= 0.3 is 0 Å². The van der Waals surface area contributed by atoms with Gasteiger partial charge in [0.05, 0.1) is 12.0 Å². The lowest BCUT2D eigenvalue weighted by atomic mass is 9.64. The van der Waals surface area contributed by atoms with Crippen molar-refractivity contribution in [1.82, 2.24) is 0 Å². The highest BCUT2D eigenvalue weighted by Crippen LogP contribution is 2.58. The number of Topliss-reactive ketones (excluding diaryl/α,β-unsaturated/α-hetero) is 2. The van der Waals surface area contributed by atoms with Crippen LogP contribution in [0.2, 0.25) is 0 Å². The summed E-state index contributed by atoms with van der Waals surface area (Å²) in [6.07, 6.45) is 4.02. The van der Waals surface area contributed by atoms with Crippen LogP contribution in [0.5, 0.6) is 0 Å². The number of ketones is 2. The summed E-state index contributed by atoms with van der Waals surface area (Å²) in [5.41, 5.74) is 5.21. The van der Waals surface area contributed by atoms with Crippen molar-refractivity contribution in [3.05, 3.63) is 137 Å². The van der Waals surface area contributed by atoms with E-state index in [0.717, 1.165) is 40.8 Å². The molecule has 208 valence electrons. The number of carbonyl (C=O) groups excluding carboxylic acids is 3. The van der Waals surface area contributed by atoms with Crippen molar-refractivity contribution in [2.75, 3.05) is 10.2 Å². The fraction of sp³-hybridized carbons (Fsp3) is 0.216. The van der Waals surface area contributed by atoms with Gasteiger partial charge in [-0.25, -0.2) is 0 Å². The van der Waals surface area contributed by atoms with Gasteiger partial charge in [-0.15, -0.1) is 0 Å². The largest absolute Gasteiger partial charge is 0.352 e. The number of allylic oxidation sites excluding steroid dienone is 1. The van der Waals surface area contributed by atoms with Gasteiger partial charge in [0.15, 0.2) is 11.6 Å². The van der Waals surface area contributed by atoms with E-state index >= 15 is 0 Å². The Bertz CT molecular complexity index is 1760. The van der Waals surface area contributed by atoms with Gasteiger partial charge in [-0.2, -0.15) is 0 Å². The minimum absolute atomic E-state index is 0.168. The van der Waals surface area contributed by atoms with Crippen LogP contribution in [0.4, 0.5) is 11.4 Å². The number of aryl methyl sites for hydroxylation is 1. The summed E-state index contributed by atoms with van der Waals surface area (Å²) >= 11 is 0. The molecule has 4 aromatic carbocycles. The average Bonchev–Trinajstić information content (AvgIpc) is 3.49. The van der Waals surface area contributed by atoms with Crippen molar-refractivity contribution in [2.45, 2.75) is 44.2 Å². The van der Waals surface area contributed by atoms with Crippen molar-refractivity contribution in [3.63, 3.8) is 0 Å². The molecule has 0 saturated carbocycles. The van der Waals surface area contributed by atoms with Crippen molar-refractivity contribution in [3.8, 4) is 0 Å². The number of rotatable bonds is 6. The maximum absolute atomic E-state index is 14.9. The first-order valence-corrected chi connectivity index (χ1v) is 14.7. The number of nitrogens with zero attached hydrogens (tertiary/aromatic N) is 1. The fourth-order valence-electron chi connectivity index (χ4n) is 7.46. The van der Waals surface area contributed by atoms with Crippen LogP contribution < -0.4 is 10.2 Å². The molecule has 4 aromatic rings. The highest BCUT2D eigenvalue weighted by Gasteiger charge is 2.70. The van der Waals surface area contributed by atoms with Gasteiger partial charge in [0.25, 0.3) is 0 Å². The molecule has 0 aromatic heterocycles. The highest BCUT2D eigenvalue weighted by atomic mass is 16.2. The molecule has 3 heterocycles. The van der Waals surface area contributed by atoms with Crippen LogP contribution in [0.3, 0.4) is 0 Å². The number of carbonyl (C=O) groups is 3. The first kappa shape index (κ1) is 26.1. The minimum atomic E-state index is -1.31. The number of hydrogen-bond acceptors (Lipinski definition) is 4. The van der Waals surface area contributed by atoms with Gasteiger partial charge in [-0.3, -0.25) is 14.4 Å². The van der Waals surface area contributed by atoms with E-state index in [1.54, 1.807) is 12.1 Å². The van der Waals surface area contributed by atoms with Crippen LogP contribution in [0.15, 0.2) is 109 Å². The normalized spacial score (nSPS) is 23.6. The first-order valence-electron chi connectivity index (χ1n) is 14.7. The number of amides is 1. The molecule has 0 aliphatic carbocycles. The number of hydrogen-bond donors (Lipinski definition) is 1. The number of nitrogens with one attached hydrogen (secondary N) is 1. The van der Waals surface area contributed by atoms with Crippen LogP contribution in [0.1, 0.15) is 57.7 Å². The second-order valence-corrected chi connectivity index (χ2v) is 11.6. The average molecular weight is 553 g/mol. The third kappa shape index (κ3) is 3.66. The van der Waals surface area contributed by atoms with Crippen molar-refractivity contribution in [1.29, 1.82) is 0 Å². The Kier molecular flexibility index (Phi) is 6.19. The molecule has 42 heavy (non-hydrogen) atoms. The predicted octanol–water partition coefficient (Wildman–Crippen LogP) is 6.89. The lowest BCUT2D eigenvalue weighted by molar-refractivity contribution is -0.121. The molecule has 3 aliphatic heterocycles. The summed E-state index contributed by atoms with van der Waals surface area (Å²) < 4.78 is 0. The van der Waals surface area contributed by atoms with Crippen molar-refractivity contribution in [2.24, 2.45) is 5.92 Å². The molecule has 3 aliphatic rings. The van der Waals surface area contributed by atoms with E-state index in [-0.39, 0.29) is 17.5 Å². The van der Waals surface area contributed by atoms with E-state index in [1.807, 2.05) is 97.9 Å². The molecule has 1 amide bonds. The van der Waals surface area contributed by atoms with E-state index in [4.69, 9.17) is 0 Å². The Balaban J connectivity index is 1.52. The summed E-state index contributed by atoms with van der Waals surface area (Å²) in [7, 11) is 0. The third-order valence-electron chi connectivity index (χ3n) is 9.27. The summed E-state index contributed by atoms with van der Waals surface area (Å²) in [5, 5.41) is 3.11. The van der Waals surface area contributed by atoms with Crippen molar-refractivity contribution < 1.29 is 14.4 Å². The smallest absolute Gasteiger partial charge is 0.238 e. The second kappa shape index (κ2) is 9.95. The van der Waals surface area contributed by atoms with E-state index in [2.05, 4.69) is 23.2 Å². The Hall–Kier alpha value is -4.77. The molecule has 5 heteroatoms. The summed E-state index contributed by atoms with van der Waals surface area (Å²) in [6.45, 7) is 4.17. The van der Waals surface area contributed by atoms with Gasteiger partial charge in [-0.05, 0) is 42.2 Å². The Labute approximate surface area is 245 Å². The van der Waals surface area contributed by atoms with E-state index < -0.39 is 23.4 Å². The number of para-hydroxylation sites is 2. The molecular formula is C37H32N2O3. The van der Waals surface area contributed by atoms with Gasteiger partial charge in [0, 0.05) is 28.1 Å². The molecule has 0 bridgehead atoms. The monoisotopic (exact) mass is 552 g/mol. The zero-order chi connectivity index (χ0) is 29.0. The molecule has 1 spiro atoms. The molecule has 4 atom stereocenters. The lowest BCUT2D eigenvalue weighted by Gasteiger charge is -2.39. The van der Waals surface area contributed by atoms with Gasteiger partial charge < -0.3 is 10.2 Å². The molecular weight excluding hydrogens is 520 g/mol. The zero-order valence-electron chi connectivity index (χ0n) is 23.7. The van der Waals surface area contributed by atoms with Crippen LogP contribution in [-0.2, 0) is 16.6 Å². The molecule has 0 radical (unpaired) electrons. The van der Waals surface area contributed by atoms with Crippen LogP contribution in [0.25, 0.3) is 5.57 Å². The highest BCUT2D eigenvalue weighted by molar-refractivity contribution is 6.18. The van der Waals surface area contributed by atoms with Crippen LogP contribution in [-0.4, -0.2) is 29.6 Å². The summed E-state index contributed by atoms with van der Waals surface area (Å²) in [6, 6.07) is 31.0. The molecule has 5 nitrogen and oxygen atoms in total. The standard InChI is InChI=1S/C37H32N2O3/c1-3-11-24-18-20-26(21-19-24)34(40)32-33(35(41)25-12-5-4-6-13-25)39-30-17-10-7-14-27(30)23(2)22-31(39)37(32)28-15-8-9-16-29(28)38-36(37)42/h4-10,12-22,31-33H,3,11H2,1-2H3,(H,38,42)/t31-,32-,33-,37+/m1/s1. The first-order chi connectivity index (χ1) is 20.5. The zero-order valence-corrected chi connectivity index (χ0v) is 23.7. The fourth-order valence-corrected chi connectivity index (χ4v) is 7.46. The Morgan fingerprint density at radius 1 is 0.810 bits per heavy atom. The minimum Gasteiger partial charge on any atom is -0.352 e. The lowest BCUT2D eigenvalue weighted by Crippen LogP contribution is -2.51. The van der Waals surface area contributed by atoms with E-state index in [0.29, 0.717) is 16.8 Å². The molecule has 7 rings (SSSR count). The third-order valence-corrected chi connectivity index (χ3v) is 9.27. The van der Waals surface area contributed by atoms with Gasteiger partial charge in [-0.1, -0.05) is 110 Å². The summed E-state index contributed by atoms with van der Waals surface area (Å²) in [4.78, 5) is 46.2. The maximum Gasteiger partial charge on any atom is 0.238 e. The van der Waals surface area contributed by atoms with Crippen LogP contribution >= 0.6 is 0 Å². The quantitative estimate of drug-likeness (QED) is 0.265. The number of anilines is 2. The molecule has 1 fully saturated rings. The predicted molar refractivity (Wildman–Crippen MR) is 166 cm³/mol. The van der Waals surface area contributed by atoms with Gasteiger partial charge in [0.1, 0.15) is 11.5 Å². The number of benzene rings is 4. The van der Waals surface area contributed by atoms with Crippen molar-refractivity contribution >= 4 is 34.4 Å². The Morgan fingerprint density at radius 3 is 2.24 bits per heavy atom. The van der Waals surface area contributed by atoms with E-state index in [9.17, 15) is 14.4 Å². The molecule has 1 N–H and O–H groups in total. The Morgan fingerprint density at radius 2 is 1.48 bits per heavy atom.